The number of carbonyl (C=O) groups excluding carboxylic acids is 1. The second-order valence-electron chi connectivity index (χ2n) is 5.77. The molecule has 0 bridgehead atoms. The molecular weight excluding hydrogens is 270 g/mol. The van der Waals surface area contributed by atoms with Crippen molar-refractivity contribution in [1.29, 1.82) is 0 Å². The fourth-order valence-corrected chi connectivity index (χ4v) is 1.64. The third kappa shape index (κ3) is 2.84. The Morgan fingerprint density at radius 1 is 1.40 bits per heavy atom. The van der Waals surface area contributed by atoms with Crippen LogP contribution in [0.2, 0.25) is 0 Å². The Morgan fingerprint density at radius 2 is 1.90 bits per heavy atom. The maximum atomic E-state index is 13.1. The number of hydrogen-bond acceptors (Lipinski definition) is 5. The van der Waals surface area contributed by atoms with Crippen molar-refractivity contribution in [1.82, 2.24) is 9.97 Å². The number of rotatable bonds is 2. The number of nitrogens with one attached hydrogen (secondary N) is 1. The van der Waals surface area contributed by atoms with Gasteiger partial charge in [0.15, 0.2) is 0 Å². The smallest absolute Gasteiger partial charge is 0.414 e. The van der Waals surface area contributed by atoms with Gasteiger partial charge in [-0.15, -0.1) is 0 Å². The van der Waals surface area contributed by atoms with Crippen LogP contribution in [-0.4, -0.2) is 27.6 Å². The van der Waals surface area contributed by atoms with Crippen LogP contribution in [0.4, 0.5) is 19.5 Å². The Labute approximate surface area is 114 Å². The molecule has 0 spiro atoms. The maximum absolute atomic E-state index is 13.1. The van der Waals surface area contributed by atoms with Gasteiger partial charge in [0.25, 0.3) is 5.92 Å². The highest BCUT2D eigenvalue weighted by Crippen LogP contribution is 2.57. The number of alkyl halides is 2. The van der Waals surface area contributed by atoms with Crippen LogP contribution in [0, 0.1) is 0 Å². The van der Waals surface area contributed by atoms with E-state index in [0.29, 0.717) is 0 Å². The molecular formula is C12H16F2N4O2. The van der Waals surface area contributed by atoms with E-state index >= 15 is 0 Å². The Hall–Kier alpha value is -1.83. The topological polar surface area (TPSA) is 90.1 Å². The quantitative estimate of drug-likeness (QED) is 0.868. The first-order chi connectivity index (χ1) is 9.03. The summed E-state index contributed by atoms with van der Waals surface area (Å²) < 4.78 is 31.2. The fourth-order valence-electron chi connectivity index (χ4n) is 1.64. The minimum atomic E-state index is -2.93. The third-order valence-electron chi connectivity index (χ3n) is 2.81. The molecule has 110 valence electrons. The van der Waals surface area contributed by atoms with Crippen molar-refractivity contribution in [3.8, 4) is 0 Å². The van der Waals surface area contributed by atoms with E-state index in [2.05, 4.69) is 15.3 Å². The lowest BCUT2D eigenvalue weighted by atomic mass is 10.1. The van der Waals surface area contributed by atoms with E-state index in [1.807, 2.05) is 0 Å². The Kier molecular flexibility index (Phi) is 3.16. The summed E-state index contributed by atoms with van der Waals surface area (Å²) in [6, 6.07) is 0. The molecule has 6 nitrogen and oxygen atoms in total. The van der Waals surface area contributed by atoms with E-state index < -0.39 is 29.6 Å². The molecule has 0 aromatic carbocycles. The predicted molar refractivity (Wildman–Crippen MR) is 67.3 cm³/mol. The summed E-state index contributed by atoms with van der Waals surface area (Å²) in [6.07, 6.45) is 1.22. The summed E-state index contributed by atoms with van der Waals surface area (Å²) in [6.45, 7) is 5.14. The van der Waals surface area contributed by atoms with Gasteiger partial charge in [-0.1, -0.05) is 0 Å². The van der Waals surface area contributed by atoms with Crippen molar-refractivity contribution in [3.63, 3.8) is 0 Å². The molecule has 1 saturated carbocycles. The normalized spacial score (nSPS) is 24.1. The van der Waals surface area contributed by atoms with Crippen LogP contribution < -0.4 is 11.1 Å². The second-order valence-corrected chi connectivity index (χ2v) is 5.77. The van der Waals surface area contributed by atoms with Crippen molar-refractivity contribution < 1.29 is 18.3 Å². The Bertz CT molecular complexity index is 527. The number of anilines is 1. The number of halogens is 2. The lowest BCUT2D eigenvalue weighted by Crippen LogP contribution is -2.29. The highest BCUT2D eigenvalue weighted by atomic mass is 19.3. The summed E-state index contributed by atoms with van der Waals surface area (Å²) in [7, 11) is 0. The molecule has 0 aliphatic heterocycles. The molecule has 1 amide bonds. The number of hydrogen-bond donors (Lipinski definition) is 2. The molecule has 8 heteroatoms. The SMILES string of the molecule is CC(C)(C)OC(=O)Nc1ncc(C2(N)CC2(F)F)cn1. The van der Waals surface area contributed by atoms with Crippen LogP contribution in [-0.2, 0) is 10.3 Å². The average Bonchev–Trinajstić information content (AvgIpc) is 2.77. The van der Waals surface area contributed by atoms with Crippen molar-refractivity contribution in [3.05, 3.63) is 18.0 Å². The molecule has 1 fully saturated rings. The number of aromatic nitrogens is 2. The molecule has 1 heterocycles. The van der Waals surface area contributed by atoms with Crippen LogP contribution in [0.3, 0.4) is 0 Å². The van der Waals surface area contributed by atoms with Crippen LogP contribution in [0.25, 0.3) is 0 Å². The zero-order valence-electron chi connectivity index (χ0n) is 11.4. The van der Waals surface area contributed by atoms with Gasteiger partial charge in [-0.3, -0.25) is 5.32 Å². The summed E-state index contributed by atoms with van der Waals surface area (Å²) in [5, 5.41) is 2.31. The van der Waals surface area contributed by atoms with Crippen molar-refractivity contribution in [2.75, 3.05) is 5.32 Å². The number of carbonyl (C=O) groups is 1. The first kappa shape index (κ1) is 14.6. The van der Waals surface area contributed by atoms with Crippen molar-refractivity contribution in [2.24, 2.45) is 5.73 Å². The standard InChI is InChI=1S/C12H16F2N4O2/c1-10(2,3)20-9(19)18-8-16-4-7(5-17-8)11(15)6-12(11,13)14/h4-5H,6,15H2,1-3H3,(H,16,17,18,19). The van der Waals surface area contributed by atoms with Crippen LogP contribution in [0.5, 0.6) is 0 Å². The van der Waals surface area contributed by atoms with Crippen LogP contribution in [0.1, 0.15) is 32.8 Å². The highest BCUT2D eigenvalue weighted by Gasteiger charge is 2.70. The molecule has 1 atom stereocenters. The van der Waals surface area contributed by atoms with E-state index in [0.717, 1.165) is 0 Å². The summed E-state index contributed by atoms with van der Waals surface area (Å²) in [4.78, 5) is 19.0. The lowest BCUT2D eigenvalue weighted by molar-refractivity contribution is 0.0634. The fraction of sp³-hybridized carbons (Fsp3) is 0.583. The predicted octanol–water partition coefficient (Wildman–Crippen LogP) is 2.02. The molecule has 2 rings (SSSR count). The van der Waals surface area contributed by atoms with Gasteiger partial charge in [0.1, 0.15) is 11.1 Å². The molecule has 3 N–H and O–H groups in total. The van der Waals surface area contributed by atoms with Gasteiger partial charge < -0.3 is 10.5 Å². The van der Waals surface area contributed by atoms with Gasteiger partial charge in [-0.05, 0) is 20.8 Å². The van der Waals surface area contributed by atoms with Gasteiger partial charge in [-0.2, -0.15) is 0 Å². The average molecular weight is 286 g/mol. The van der Waals surface area contributed by atoms with Gasteiger partial charge in [0.2, 0.25) is 5.95 Å². The van der Waals surface area contributed by atoms with Crippen molar-refractivity contribution in [2.45, 2.75) is 44.3 Å². The van der Waals surface area contributed by atoms with Crippen LogP contribution >= 0.6 is 0 Å². The number of ether oxygens (including phenoxy) is 1. The monoisotopic (exact) mass is 286 g/mol. The molecule has 20 heavy (non-hydrogen) atoms. The second kappa shape index (κ2) is 4.34. The largest absolute Gasteiger partial charge is 0.444 e. The van der Waals surface area contributed by atoms with Gasteiger partial charge in [-0.25, -0.2) is 23.5 Å². The van der Waals surface area contributed by atoms with E-state index in [-0.39, 0.29) is 11.5 Å². The van der Waals surface area contributed by atoms with E-state index in [1.54, 1.807) is 20.8 Å². The summed E-state index contributed by atoms with van der Waals surface area (Å²) in [5.74, 6) is -2.97. The van der Waals surface area contributed by atoms with E-state index in [4.69, 9.17) is 10.5 Å². The zero-order valence-corrected chi connectivity index (χ0v) is 11.4. The van der Waals surface area contributed by atoms with E-state index in [1.165, 1.54) is 12.4 Å². The maximum Gasteiger partial charge on any atom is 0.414 e. The Morgan fingerprint density at radius 3 is 2.30 bits per heavy atom. The minimum absolute atomic E-state index is 0.0319. The summed E-state index contributed by atoms with van der Waals surface area (Å²) >= 11 is 0. The Balaban J connectivity index is 2.01. The molecule has 1 aromatic rings. The van der Waals surface area contributed by atoms with E-state index in [9.17, 15) is 13.6 Å². The minimum Gasteiger partial charge on any atom is -0.444 e. The molecule has 0 radical (unpaired) electrons. The van der Waals surface area contributed by atoms with Gasteiger partial charge in [0.05, 0.1) is 0 Å². The number of nitrogens with two attached hydrogens (primary N) is 1. The van der Waals surface area contributed by atoms with Gasteiger partial charge in [0, 0.05) is 24.4 Å². The number of amides is 1. The van der Waals surface area contributed by atoms with Gasteiger partial charge >= 0.3 is 6.09 Å². The third-order valence-corrected chi connectivity index (χ3v) is 2.81. The van der Waals surface area contributed by atoms with Crippen molar-refractivity contribution >= 4 is 12.0 Å². The number of nitrogens with zero attached hydrogens (tertiary/aromatic N) is 2. The molecule has 1 unspecified atom stereocenters. The molecule has 1 aliphatic rings. The highest BCUT2D eigenvalue weighted by molar-refractivity contribution is 5.82. The molecule has 0 saturated heterocycles. The molecule has 1 aromatic heterocycles. The zero-order chi connectivity index (χ0) is 15.2. The first-order valence-electron chi connectivity index (χ1n) is 6.03. The lowest BCUT2D eigenvalue weighted by Gasteiger charge is -2.19. The molecule has 1 aliphatic carbocycles. The first-order valence-corrected chi connectivity index (χ1v) is 6.03. The van der Waals surface area contributed by atoms with Crippen LogP contribution in [0.15, 0.2) is 12.4 Å². The summed E-state index contributed by atoms with van der Waals surface area (Å²) in [5.41, 5.74) is 3.33.